The molecule has 27 heavy (non-hydrogen) atoms. The van der Waals surface area contributed by atoms with E-state index in [4.69, 9.17) is 4.74 Å². The lowest BCUT2D eigenvalue weighted by molar-refractivity contribution is -0.384. The van der Waals surface area contributed by atoms with E-state index in [2.05, 4.69) is 15.3 Å². The van der Waals surface area contributed by atoms with Gasteiger partial charge in [-0.3, -0.25) is 14.9 Å². The van der Waals surface area contributed by atoms with Crippen molar-refractivity contribution >= 4 is 40.1 Å². The second-order valence-electron chi connectivity index (χ2n) is 5.41. The van der Waals surface area contributed by atoms with Crippen molar-refractivity contribution in [2.45, 2.75) is 12.1 Å². The van der Waals surface area contributed by atoms with Gasteiger partial charge in [0.1, 0.15) is 11.6 Å². The van der Waals surface area contributed by atoms with Crippen molar-refractivity contribution in [1.82, 2.24) is 9.97 Å². The molecule has 0 fully saturated rings. The van der Waals surface area contributed by atoms with Crippen molar-refractivity contribution in [3.05, 3.63) is 52.3 Å². The molecule has 2 N–H and O–H groups in total. The van der Waals surface area contributed by atoms with Gasteiger partial charge in [0.25, 0.3) is 5.69 Å². The summed E-state index contributed by atoms with van der Waals surface area (Å²) in [7, 11) is 0. The number of carbonyl (C=O) groups is 1. The van der Waals surface area contributed by atoms with Crippen molar-refractivity contribution < 1.29 is 18.8 Å². The molecule has 3 aromatic rings. The molecule has 0 spiro atoms. The highest BCUT2D eigenvalue weighted by Crippen LogP contribution is 2.24. The Morgan fingerprint density at radius 2 is 2.19 bits per heavy atom. The molecule has 0 radical (unpaired) electrons. The van der Waals surface area contributed by atoms with Crippen LogP contribution in [-0.2, 0) is 4.79 Å². The number of nitro benzene ring substituents is 1. The number of non-ortho nitro benzene ring substituents is 1. The highest BCUT2D eigenvalue weighted by atomic mass is 32.2. The number of H-pyrrole nitrogens is 1. The zero-order valence-electron chi connectivity index (χ0n) is 14.2. The number of rotatable bonds is 7. The zero-order chi connectivity index (χ0) is 19.4. The fraction of sp³-hybridized carbons (Fsp3) is 0.176. The van der Waals surface area contributed by atoms with Crippen LogP contribution in [0.15, 0.2) is 41.6 Å². The second kappa shape index (κ2) is 8.04. The molecule has 0 unspecified atom stereocenters. The van der Waals surface area contributed by atoms with Crippen LogP contribution in [-0.4, -0.2) is 33.2 Å². The smallest absolute Gasteiger partial charge is 0.271 e. The number of anilines is 1. The normalized spacial score (nSPS) is 10.7. The Morgan fingerprint density at radius 3 is 2.93 bits per heavy atom. The Kier molecular flexibility index (Phi) is 5.55. The van der Waals surface area contributed by atoms with E-state index in [-0.39, 0.29) is 17.1 Å². The van der Waals surface area contributed by atoms with Gasteiger partial charge in [-0.05, 0) is 25.1 Å². The van der Waals surface area contributed by atoms with Gasteiger partial charge in [-0.2, -0.15) is 0 Å². The van der Waals surface area contributed by atoms with Crippen LogP contribution in [0.5, 0.6) is 5.75 Å². The number of nitrogens with zero attached hydrogens (tertiary/aromatic N) is 2. The molecule has 3 rings (SSSR count). The fourth-order valence-corrected chi connectivity index (χ4v) is 3.02. The monoisotopic (exact) mass is 390 g/mol. The van der Waals surface area contributed by atoms with Gasteiger partial charge in [-0.15, -0.1) is 0 Å². The molecule has 10 heteroatoms. The molecule has 2 aromatic carbocycles. The number of fused-ring (bicyclic) bond motifs is 1. The number of aromatic amines is 1. The molecule has 0 aliphatic heterocycles. The molecule has 0 saturated carbocycles. The minimum absolute atomic E-state index is 0.0414. The third-order valence-electron chi connectivity index (χ3n) is 3.52. The molecule has 0 aliphatic rings. The van der Waals surface area contributed by atoms with Crippen molar-refractivity contribution in [2.75, 3.05) is 17.7 Å². The summed E-state index contributed by atoms with van der Waals surface area (Å²) >= 11 is 1.13. The van der Waals surface area contributed by atoms with E-state index >= 15 is 0 Å². The standard InChI is InChI=1S/C17H15FN4O4S/c1-2-26-11-4-6-13-15(8-11)21-17(20-13)27-9-16(23)19-14-7-10(22(24)25)3-5-12(14)18/h3-8H,2,9H2,1H3,(H,19,23)(H,20,21). The van der Waals surface area contributed by atoms with E-state index in [0.717, 1.165) is 41.0 Å². The van der Waals surface area contributed by atoms with Crippen molar-refractivity contribution in [3.63, 3.8) is 0 Å². The summed E-state index contributed by atoms with van der Waals surface area (Å²) in [5.41, 5.74) is 0.960. The fourth-order valence-electron chi connectivity index (χ4n) is 2.33. The first-order chi connectivity index (χ1) is 13.0. The Hall–Kier alpha value is -3.14. The Balaban J connectivity index is 1.64. The number of aromatic nitrogens is 2. The number of amides is 1. The summed E-state index contributed by atoms with van der Waals surface area (Å²) in [4.78, 5) is 29.6. The Morgan fingerprint density at radius 1 is 1.37 bits per heavy atom. The molecule has 0 bridgehead atoms. The number of thioether (sulfide) groups is 1. The molecule has 1 heterocycles. The van der Waals surface area contributed by atoms with E-state index in [1.165, 1.54) is 0 Å². The van der Waals surface area contributed by atoms with Crippen molar-refractivity contribution in [3.8, 4) is 5.75 Å². The van der Waals surface area contributed by atoms with Crippen LogP contribution in [0.2, 0.25) is 0 Å². The number of nitrogens with one attached hydrogen (secondary N) is 2. The highest BCUT2D eigenvalue weighted by molar-refractivity contribution is 7.99. The van der Waals surface area contributed by atoms with Crippen LogP contribution in [0, 0.1) is 15.9 Å². The SMILES string of the molecule is CCOc1ccc2nc(SCC(=O)Nc3cc([N+](=O)[O-])ccc3F)[nH]c2c1. The maximum absolute atomic E-state index is 13.7. The largest absolute Gasteiger partial charge is 0.494 e. The lowest BCUT2D eigenvalue weighted by Crippen LogP contribution is -2.15. The van der Waals surface area contributed by atoms with Crippen molar-refractivity contribution in [2.24, 2.45) is 0 Å². The molecule has 1 aromatic heterocycles. The minimum atomic E-state index is -0.744. The van der Waals surface area contributed by atoms with Crippen LogP contribution >= 0.6 is 11.8 Å². The van der Waals surface area contributed by atoms with Crippen LogP contribution in [0.3, 0.4) is 0 Å². The quantitative estimate of drug-likeness (QED) is 0.361. The van der Waals surface area contributed by atoms with Gasteiger partial charge in [-0.1, -0.05) is 11.8 Å². The van der Waals surface area contributed by atoms with Gasteiger partial charge in [0.15, 0.2) is 5.16 Å². The number of hydrogen-bond acceptors (Lipinski definition) is 6. The number of benzene rings is 2. The van der Waals surface area contributed by atoms with Gasteiger partial charge < -0.3 is 15.0 Å². The second-order valence-corrected chi connectivity index (χ2v) is 6.38. The summed E-state index contributed by atoms with van der Waals surface area (Å²) in [6.45, 7) is 2.44. The predicted molar refractivity (Wildman–Crippen MR) is 99.7 cm³/mol. The summed E-state index contributed by atoms with van der Waals surface area (Å²) in [5, 5.41) is 13.6. The van der Waals surface area contributed by atoms with E-state index in [1.807, 2.05) is 13.0 Å². The average Bonchev–Trinajstić information content (AvgIpc) is 3.04. The van der Waals surface area contributed by atoms with Crippen LogP contribution < -0.4 is 10.1 Å². The summed E-state index contributed by atoms with van der Waals surface area (Å²) in [6.07, 6.45) is 0. The maximum Gasteiger partial charge on any atom is 0.271 e. The molecule has 0 aliphatic carbocycles. The first-order valence-corrected chi connectivity index (χ1v) is 8.94. The molecule has 0 saturated heterocycles. The summed E-state index contributed by atoms with van der Waals surface area (Å²) < 4.78 is 19.1. The molecular formula is C17H15FN4O4S. The Labute approximate surface area is 157 Å². The topological polar surface area (TPSA) is 110 Å². The first kappa shape index (κ1) is 18.6. The van der Waals surface area contributed by atoms with Crippen molar-refractivity contribution in [1.29, 1.82) is 0 Å². The molecule has 1 amide bonds. The molecule has 8 nitrogen and oxygen atoms in total. The number of halogens is 1. The van der Waals surface area contributed by atoms with E-state index in [0.29, 0.717) is 17.5 Å². The van der Waals surface area contributed by atoms with Gasteiger partial charge >= 0.3 is 0 Å². The average molecular weight is 390 g/mol. The molecule has 140 valence electrons. The summed E-state index contributed by atoms with van der Waals surface area (Å²) in [5.74, 6) is -0.578. The number of nitro groups is 1. The van der Waals surface area contributed by atoms with E-state index in [1.54, 1.807) is 12.1 Å². The van der Waals surface area contributed by atoms with E-state index in [9.17, 15) is 19.3 Å². The van der Waals surface area contributed by atoms with Crippen LogP contribution in [0.1, 0.15) is 6.92 Å². The van der Waals surface area contributed by atoms with Gasteiger partial charge in [0.05, 0.1) is 34.0 Å². The third kappa shape index (κ3) is 4.53. The van der Waals surface area contributed by atoms with Gasteiger partial charge in [0, 0.05) is 18.2 Å². The number of hydrogen-bond donors (Lipinski definition) is 2. The Bertz CT molecular complexity index is 1010. The lowest BCUT2D eigenvalue weighted by atomic mass is 10.2. The first-order valence-electron chi connectivity index (χ1n) is 7.95. The lowest BCUT2D eigenvalue weighted by Gasteiger charge is -2.05. The zero-order valence-corrected chi connectivity index (χ0v) is 15.0. The van der Waals surface area contributed by atoms with Gasteiger partial charge in [-0.25, -0.2) is 9.37 Å². The number of ether oxygens (including phenoxy) is 1. The predicted octanol–water partition coefficient (Wildman–Crippen LogP) is 3.74. The minimum Gasteiger partial charge on any atom is -0.494 e. The van der Waals surface area contributed by atoms with Crippen LogP contribution in [0.4, 0.5) is 15.8 Å². The van der Waals surface area contributed by atoms with E-state index < -0.39 is 16.6 Å². The number of imidazole rings is 1. The molecule has 0 atom stereocenters. The molecular weight excluding hydrogens is 375 g/mol. The highest BCUT2D eigenvalue weighted by Gasteiger charge is 2.14. The maximum atomic E-state index is 13.7. The van der Waals surface area contributed by atoms with Gasteiger partial charge in [0.2, 0.25) is 5.91 Å². The van der Waals surface area contributed by atoms with Crippen LogP contribution in [0.25, 0.3) is 11.0 Å². The summed E-state index contributed by atoms with van der Waals surface area (Å²) in [6, 6.07) is 8.38. The third-order valence-corrected chi connectivity index (χ3v) is 4.39. The number of carbonyl (C=O) groups excluding carboxylic acids is 1.